The predicted molar refractivity (Wildman–Crippen MR) is 89.2 cm³/mol. The SMILES string of the molecule is CC(C)(CCC(=O)NC1C(=O)COC1CN1CCCC1)CC(N)=O. The highest BCUT2D eigenvalue weighted by Crippen LogP contribution is 2.26. The number of ether oxygens (including phenoxy) is 1. The standard InChI is InChI=1S/C17H29N3O4/c1-17(2,9-14(18)22)6-5-15(23)19-16-12(21)11-24-13(16)10-20-7-3-4-8-20/h13,16H,3-11H2,1-2H3,(H2,18,22)(H,19,23). The average Bonchev–Trinajstić information content (AvgIpc) is 3.09. The lowest BCUT2D eigenvalue weighted by atomic mass is 9.84. The molecule has 2 fully saturated rings. The van der Waals surface area contributed by atoms with Gasteiger partial charge in [0, 0.05) is 19.4 Å². The van der Waals surface area contributed by atoms with E-state index >= 15 is 0 Å². The summed E-state index contributed by atoms with van der Waals surface area (Å²) >= 11 is 0. The molecule has 0 aromatic carbocycles. The number of Topliss-reactive ketones (excluding diaryl/α,β-unsaturated/α-hetero) is 1. The van der Waals surface area contributed by atoms with E-state index in [1.54, 1.807) is 0 Å². The molecule has 2 aliphatic rings. The van der Waals surface area contributed by atoms with Gasteiger partial charge in [0.2, 0.25) is 11.8 Å². The largest absolute Gasteiger partial charge is 0.370 e. The molecule has 0 radical (unpaired) electrons. The fourth-order valence-corrected chi connectivity index (χ4v) is 3.39. The number of ketones is 1. The van der Waals surface area contributed by atoms with Gasteiger partial charge in [-0.2, -0.15) is 0 Å². The van der Waals surface area contributed by atoms with Gasteiger partial charge in [-0.1, -0.05) is 13.8 Å². The molecular formula is C17H29N3O4. The lowest BCUT2D eigenvalue weighted by Gasteiger charge is -2.25. The quantitative estimate of drug-likeness (QED) is 0.658. The Bertz CT molecular complexity index is 486. The van der Waals surface area contributed by atoms with Crippen LogP contribution in [0, 0.1) is 5.41 Å². The minimum atomic E-state index is -0.558. The van der Waals surface area contributed by atoms with Crippen LogP contribution < -0.4 is 11.1 Å². The Morgan fingerprint density at radius 3 is 2.62 bits per heavy atom. The van der Waals surface area contributed by atoms with E-state index in [2.05, 4.69) is 10.2 Å². The van der Waals surface area contributed by atoms with Crippen LogP contribution >= 0.6 is 0 Å². The lowest BCUT2D eigenvalue weighted by Crippen LogP contribution is -2.48. The van der Waals surface area contributed by atoms with E-state index in [9.17, 15) is 14.4 Å². The summed E-state index contributed by atoms with van der Waals surface area (Å²) in [5, 5.41) is 2.82. The van der Waals surface area contributed by atoms with Gasteiger partial charge in [0.25, 0.3) is 0 Å². The van der Waals surface area contributed by atoms with Crippen LogP contribution in [0.5, 0.6) is 0 Å². The summed E-state index contributed by atoms with van der Waals surface area (Å²) in [7, 11) is 0. The molecule has 0 aromatic rings. The summed E-state index contributed by atoms with van der Waals surface area (Å²) in [6.07, 6.45) is 3.13. The van der Waals surface area contributed by atoms with Crippen molar-refractivity contribution in [2.24, 2.45) is 11.1 Å². The fourth-order valence-electron chi connectivity index (χ4n) is 3.39. The van der Waals surface area contributed by atoms with Gasteiger partial charge in [-0.25, -0.2) is 0 Å². The number of carbonyl (C=O) groups excluding carboxylic acids is 3. The van der Waals surface area contributed by atoms with E-state index in [1.807, 2.05) is 13.8 Å². The summed E-state index contributed by atoms with van der Waals surface area (Å²) in [5.41, 5.74) is 4.90. The zero-order chi connectivity index (χ0) is 17.7. The number of hydrogen-bond donors (Lipinski definition) is 2. The second-order valence-corrected chi connectivity index (χ2v) is 7.68. The van der Waals surface area contributed by atoms with E-state index in [1.165, 1.54) is 12.8 Å². The van der Waals surface area contributed by atoms with E-state index in [0.29, 0.717) is 13.0 Å². The van der Waals surface area contributed by atoms with Gasteiger partial charge in [-0.05, 0) is 37.8 Å². The topological polar surface area (TPSA) is 102 Å². The molecule has 3 N–H and O–H groups in total. The van der Waals surface area contributed by atoms with Crippen LogP contribution in [0.4, 0.5) is 0 Å². The van der Waals surface area contributed by atoms with Crippen molar-refractivity contribution in [3.05, 3.63) is 0 Å². The molecule has 2 atom stereocenters. The number of carbonyl (C=O) groups is 3. The third kappa shape index (κ3) is 5.56. The van der Waals surface area contributed by atoms with Crippen LogP contribution in [-0.2, 0) is 19.1 Å². The first-order valence-electron chi connectivity index (χ1n) is 8.71. The zero-order valence-corrected chi connectivity index (χ0v) is 14.7. The van der Waals surface area contributed by atoms with Crippen molar-refractivity contribution in [1.29, 1.82) is 0 Å². The maximum atomic E-state index is 12.2. The van der Waals surface area contributed by atoms with E-state index in [0.717, 1.165) is 13.1 Å². The molecule has 0 spiro atoms. The van der Waals surface area contributed by atoms with Crippen molar-refractivity contribution < 1.29 is 19.1 Å². The van der Waals surface area contributed by atoms with E-state index in [4.69, 9.17) is 10.5 Å². The van der Waals surface area contributed by atoms with Crippen molar-refractivity contribution in [3.63, 3.8) is 0 Å². The first-order valence-corrected chi connectivity index (χ1v) is 8.71. The first-order chi connectivity index (χ1) is 11.3. The maximum absolute atomic E-state index is 12.2. The molecule has 7 nitrogen and oxygen atoms in total. The third-order valence-corrected chi connectivity index (χ3v) is 4.79. The highest BCUT2D eigenvalue weighted by Gasteiger charge is 2.38. The molecule has 24 heavy (non-hydrogen) atoms. The number of primary amides is 1. The second-order valence-electron chi connectivity index (χ2n) is 7.68. The Hall–Kier alpha value is -1.47. The summed E-state index contributed by atoms with van der Waals surface area (Å²) < 4.78 is 5.57. The number of nitrogens with two attached hydrogens (primary N) is 1. The Balaban J connectivity index is 1.82. The van der Waals surface area contributed by atoms with Gasteiger partial charge in [0.05, 0.1) is 6.10 Å². The van der Waals surface area contributed by atoms with Crippen molar-refractivity contribution in [3.8, 4) is 0 Å². The van der Waals surface area contributed by atoms with Crippen molar-refractivity contribution in [2.75, 3.05) is 26.2 Å². The Morgan fingerprint density at radius 1 is 1.33 bits per heavy atom. The second kappa shape index (κ2) is 8.07. The number of hydrogen-bond acceptors (Lipinski definition) is 5. The average molecular weight is 339 g/mol. The van der Waals surface area contributed by atoms with Gasteiger partial charge in [0.1, 0.15) is 12.6 Å². The summed E-state index contributed by atoms with van der Waals surface area (Å²) in [6.45, 7) is 6.61. The Kier molecular flexibility index (Phi) is 6.34. The molecule has 2 unspecified atom stereocenters. The monoisotopic (exact) mass is 339 g/mol. The zero-order valence-electron chi connectivity index (χ0n) is 14.7. The molecule has 136 valence electrons. The molecule has 2 rings (SSSR count). The van der Waals surface area contributed by atoms with Crippen LogP contribution in [0.2, 0.25) is 0 Å². The van der Waals surface area contributed by atoms with Crippen molar-refractivity contribution in [1.82, 2.24) is 10.2 Å². The molecule has 0 bridgehead atoms. The van der Waals surface area contributed by atoms with E-state index in [-0.39, 0.29) is 48.6 Å². The van der Waals surface area contributed by atoms with Crippen LogP contribution in [0.25, 0.3) is 0 Å². The van der Waals surface area contributed by atoms with Gasteiger partial charge >= 0.3 is 0 Å². The molecule has 2 amide bonds. The number of nitrogens with zero attached hydrogens (tertiary/aromatic N) is 1. The van der Waals surface area contributed by atoms with Crippen LogP contribution in [0.3, 0.4) is 0 Å². The maximum Gasteiger partial charge on any atom is 0.220 e. The molecule has 0 saturated carbocycles. The minimum Gasteiger partial charge on any atom is -0.370 e. The van der Waals surface area contributed by atoms with Crippen LogP contribution in [-0.4, -0.2) is 60.9 Å². The van der Waals surface area contributed by atoms with Gasteiger partial charge < -0.3 is 20.7 Å². The van der Waals surface area contributed by atoms with Gasteiger partial charge in [0.15, 0.2) is 5.78 Å². The highest BCUT2D eigenvalue weighted by atomic mass is 16.5. The third-order valence-electron chi connectivity index (χ3n) is 4.79. The Morgan fingerprint density at radius 2 is 2.00 bits per heavy atom. The molecule has 0 aliphatic carbocycles. The normalized spacial score (nSPS) is 25.2. The highest BCUT2D eigenvalue weighted by molar-refractivity contribution is 5.91. The lowest BCUT2D eigenvalue weighted by molar-refractivity contribution is -0.127. The summed E-state index contributed by atoms with van der Waals surface area (Å²) in [6, 6.07) is -0.558. The molecule has 7 heteroatoms. The minimum absolute atomic E-state index is 0.0658. The van der Waals surface area contributed by atoms with Gasteiger partial charge in [-0.3, -0.25) is 14.4 Å². The first kappa shape index (κ1) is 18.9. The van der Waals surface area contributed by atoms with E-state index < -0.39 is 6.04 Å². The van der Waals surface area contributed by atoms with Gasteiger partial charge in [-0.15, -0.1) is 0 Å². The molecule has 2 aliphatic heterocycles. The predicted octanol–water partition coefficient (Wildman–Crippen LogP) is 0.217. The number of rotatable bonds is 8. The van der Waals surface area contributed by atoms with Crippen molar-refractivity contribution in [2.45, 2.75) is 58.1 Å². The summed E-state index contributed by atoms with van der Waals surface area (Å²) in [5.74, 6) is -0.614. The molecular weight excluding hydrogens is 310 g/mol. The number of nitrogens with one attached hydrogen (secondary N) is 1. The fraction of sp³-hybridized carbons (Fsp3) is 0.824. The number of likely N-dealkylation sites (tertiary alicyclic amines) is 1. The smallest absolute Gasteiger partial charge is 0.220 e. The Labute approximate surface area is 143 Å². The van der Waals surface area contributed by atoms with Crippen molar-refractivity contribution >= 4 is 17.6 Å². The van der Waals surface area contributed by atoms with Crippen LogP contribution in [0.15, 0.2) is 0 Å². The molecule has 2 saturated heterocycles. The summed E-state index contributed by atoms with van der Waals surface area (Å²) in [4.78, 5) is 37.6. The molecule has 0 aromatic heterocycles. The molecule has 2 heterocycles. The van der Waals surface area contributed by atoms with Crippen LogP contribution in [0.1, 0.15) is 46.0 Å². The number of amides is 2.